The fourth-order valence-electron chi connectivity index (χ4n) is 7.99. The van der Waals surface area contributed by atoms with Gasteiger partial charge in [0.05, 0.1) is 28.0 Å². The molecule has 1 aliphatic carbocycles. The lowest BCUT2D eigenvalue weighted by molar-refractivity contribution is 0.0699. The van der Waals surface area contributed by atoms with Crippen molar-refractivity contribution in [2.75, 3.05) is 68.4 Å². The number of nitrogens with one attached hydrogen (secondary N) is 3. The van der Waals surface area contributed by atoms with E-state index in [9.17, 15) is 9.00 Å². The number of nitrogens with two attached hydrogens (primary N) is 1. The zero-order valence-corrected chi connectivity index (χ0v) is 32.9. The molecule has 0 radical (unpaired) electrons. The van der Waals surface area contributed by atoms with Gasteiger partial charge in [0.2, 0.25) is 0 Å². The second-order valence-electron chi connectivity index (χ2n) is 14.9. The van der Waals surface area contributed by atoms with Gasteiger partial charge in [0.25, 0.3) is 5.91 Å². The summed E-state index contributed by atoms with van der Waals surface area (Å²) in [5, 5.41) is 5.06. The van der Waals surface area contributed by atoms with Crippen LogP contribution in [0.15, 0.2) is 102 Å². The van der Waals surface area contributed by atoms with Crippen LogP contribution in [0.4, 0.5) is 17.1 Å². The molecule has 4 heterocycles. The van der Waals surface area contributed by atoms with Crippen molar-refractivity contribution in [3.63, 3.8) is 0 Å². The number of carbonyl (C=O) groups excluding carboxylic acids is 1. The van der Waals surface area contributed by atoms with Crippen molar-refractivity contribution >= 4 is 56.6 Å². The summed E-state index contributed by atoms with van der Waals surface area (Å²) in [6.07, 6.45) is 12.4. The molecule has 13 heteroatoms. The summed E-state index contributed by atoms with van der Waals surface area (Å²) in [5.41, 5.74) is 10.9. The van der Waals surface area contributed by atoms with E-state index >= 15 is 0 Å². The minimum absolute atomic E-state index is 0.260. The Morgan fingerprint density at radius 1 is 1.00 bits per heavy atom. The zero-order valence-electron chi connectivity index (χ0n) is 31.3. The summed E-state index contributed by atoms with van der Waals surface area (Å²) in [5.74, 6) is 1.75. The molecule has 2 aromatic heterocycles. The number of aromatic amines is 1. The monoisotopic (exact) mass is 793 g/mol. The summed E-state index contributed by atoms with van der Waals surface area (Å²) >= 11 is 6.19. The largest absolute Gasteiger partial charge is 0.455 e. The third kappa shape index (κ3) is 9.05. The number of amides is 1. The molecule has 5 aromatic rings. The van der Waals surface area contributed by atoms with Gasteiger partial charge in [-0.15, -0.1) is 0 Å². The molecular weight excluding hydrogens is 746 g/mol. The predicted molar refractivity (Wildman–Crippen MR) is 224 cm³/mol. The summed E-state index contributed by atoms with van der Waals surface area (Å²) < 4.78 is 28.0. The number of anilines is 3. The standard InChI is InChI=1S/C43H48ClN7O4S/c44-33-7-5-30(6-8-33)37-4-2-1-3-32(37)28-50-17-19-51(20-18-50)34-9-11-38(41(24-34)55-35-23-31-13-16-46-42(31)48-27-35)43(52)49-56(53)36-10-12-40(39(45)25-36)47-26-29-14-21-54-22-15-29/h2,4-13,16,23-25,27,29,32,37,47H,1,3,14-15,17-22,26,28,45H2,(H,46,48)(H,49,52). The molecule has 0 saturated carbocycles. The van der Waals surface area contributed by atoms with Gasteiger partial charge >= 0.3 is 0 Å². The van der Waals surface area contributed by atoms with Gasteiger partial charge in [-0.05, 0) is 97.7 Å². The maximum absolute atomic E-state index is 13.8. The number of carbonyl (C=O) groups is 1. The van der Waals surface area contributed by atoms with E-state index in [1.54, 1.807) is 24.4 Å². The van der Waals surface area contributed by atoms with Gasteiger partial charge in [0.1, 0.15) is 17.1 Å². The van der Waals surface area contributed by atoms with E-state index in [1.807, 2.05) is 48.7 Å². The Labute approximate surface area is 335 Å². The highest BCUT2D eigenvalue weighted by Gasteiger charge is 2.28. The highest BCUT2D eigenvalue weighted by molar-refractivity contribution is 7.83. The number of nitrogens with zero attached hydrogens (tertiary/aromatic N) is 3. The molecule has 292 valence electrons. The average molecular weight is 794 g/mol. The van der Waals surface area contributed by atoms with Gasteiger partial charge < -0.3 is 30.4 Å². The Hall–Kier alpha value is -4.88. The molecule has 5 N–H and O–H groups in total. The van der Waals surface area contributed by atoms with Crippen LogP contribution >= 0.6 is 11.6 Å². The first-order valence-corrected chi connectivity index (χ1v) is 21.0. The molecule has 3 atom stereocenters. The number of halogens is 1. The van der Waals surface area contributed by atoms with Gasteiger partial charge in [-0.25, -0.2) is 9.19 Å². The SMILES string of the molecule is Nc1cc(S(=O)NC(=O)c2ccc(N3CCN(CC4CCC=CC4c4ccc(Cl)cc4)CC3)cc2Oc2cnc3[nH]ccc3c2)ccc1NCC1CCOCC1. The molecule has 3 aliphatic rings. The third-order valence-corrected chi connectivity index (χ3v) is 12.5. The quantitative estimate of drug-likeness (QED) is 0.0738. The maximum Gasteiger partial charge on any atom is 0.266 e. The van der Waals surface area contributed by atoms with Crippen LogP contribution in [0.5, 0.6) is 11.5 Å². The molecule has 2 saturated heterocycles. The third-order valence-electron chi connectivity index (χ3n) is 11.2. The van der Waals surface area contributed by atoms with E-state index < -0.39 is 16.9 Å². The number of piperazine rings is 1. The lowest BCUT2D eigenvalue weighted by Crippen LogP contribution is -2.48. The van der Waals surface area contributed by atoms with E-state index in [0.717, 1.165) is 106 Å². The molecule has 3 aromatic carbocycles. The van der Waals surface area contributed by atoms with E-state index in [0.29, 0.717) is 39.8 Å². The van der Waals surface area contributed by atoms with Crippen molar-refractivity contribution < 1.29 is 18.5 Å². The summed E-state index contributed by atoms with van der Waals surface area (Å²) in [7, 11) is -1.86. The Kier molecular flexibility index (Phi) is 11.9. The van der Waals surface area contributed by atoms with E-state index in [2.05, 4.69) is 54.1 Å². The number of ether oxygens (including phenoxy) is 2. The summed E-state index contributed by atoms with van der Waals surface area (Å²) in [4.78, 5) is 26.7. The Bertz CT molecular complexity index is 2200. The van der Waals surface area contributed by atoms with Gasteiger partial charge in [0, 0.05) is 86.8 Å². The maximum atomic E-state index is 13.8. The van der Waals surface area contributed by atoms with Gasteiger partial charge in [-0.3, -0.25) is 14.4 Å². The van der Waals surface area contributed by atoms with Crippen LogP contribution in [0.1, 0.15) is 47.5 Å². The summed E-state index contributed by atoms with van der Waals surface area (Å²) in [6, 6.07) is 22.8. The van der Waals surface area contributed by atoms with Crippen molar-refractivity contribution in [3.05, 3.63) is 113 Å². The molecule has 11 nitrogen and oxygen atoms in total. The number of hydrogen-bond donors (Lipinski definition) is 4. The molecule has 3 unspecified atom stereocenters. The number of allylic oxidation sites excluding steroid dienone is 2. The molecule has 0 bridgehead atoms. The van der Waals surface area contributed by atoms with Crippen LogP contribution < -0.4 is 25.4 Å². The number of benzene rings is 3. The van der Waals surface area contributed by atoms with Crippen molar-refractivity contribution in [1.82, 2.24) is 19.6 Å². The number of H-pyrrole nitrogens is 1. The van der Waals surface area contributed by atoms with Crippen molar-refractivity contribution in [2.24, 2.45) is 11.8 Å². The Balaban J connectivity index is 0.950. The van der Waals surface area contributed by atoms with Crippen LogP contribution in [-0.4, -0.2) is 77.5 Å². The topological polar surface area (TPSA) is 138 Å². The van der Waals surface area contributed by atoms with Crippen LogP contribution in [0.3, 0.4) is 0 Å². The first-order chi connectivity index (χ1) is 27.4. The molecule has 8 rings (SSSR count). The number of pyridine rings is 1. The zero-order chi connectivity index (χ0) is 38.4. The molecule has 2 aliphatic heterocycles. The molecule has 1 amide bonds. The fraction of sp³-hybridized carbons (Fsp3) is 0.349. The highest BCUT2D eigenvalue weighted by atomic mass is 35.5. The normalized spacial score (nSPS) is 19.8. The fourth-order valence-corrected chi connectivity index (χ4v) is 8.93. The van der Waals surface area contributed by atoms with Gasteiger partial charge in [0.15, 0.2) is 11.0 Å². The first kappa shape index (κ1) is 38.0. The van der Waals surface area contributed by atoms with Crippen LogP contribution in [0, 0.1) is 11.8 Å². The molecule has 2 fully saturated rings. The van der Waals surface area contributed by atoms with E-state index in [4.69, 9.17) is 26.8 Å². The van der Waals surface area contributed by atoms with Crippen molar-refractivity contribution in [3.8, 4) is 11.5 Å². The second-order valence-corrected chi connectivity index (χ2v) is 16.5. The summed E-state index contributed by atoms with van der Waals surface area (Å²) in [6.45, 7) is 6.89. The second kappa shape index (κ2) is 17.5. The number of nitrogen functional groups attached to an aromatic ring is 1. The van der Waals surface area contributed by atoms with Gasteiger partial charge in [-0.1, -0.05) is 35.9 Å². The van der Waals surface area contributed by atoms with Crippen LogP contribution in [0.25, 0.3) is 11.0 Å². The molecule has 0 spiro atoms. The van der Waals surface area contributed by atoms with E-state index in [1.165, 1.54) is 5.56 Å². The number of rotatable bonds is 12. The predicted octanol–water partition coefficient (Wildman–Crippen LogP) is 7.75. The number of hydrogen-bond acceptors (Lipinski definition) is 9. The number of fused-ring (bicyclic) bond motifs is 1. The van der Waals surface area contributed by atoms with Crippen LogP contribution in [-0.2, 0) is 15.7 Å². The van der Waals surface area contributed by atoms with Crippen LogP contribution in [0.2, 0.25) is 5.02 Å². The molecule has 56 heavy (non-hydrogen) atoms. The van der Waals surface area contributed by atoms with E-state index in [-0.39, 0.29) is 5.56 Å². The smallest absolute Gasteiger partial charge is 0.266 e. The minimum Gasteiger partial charge on any atom is -0.455 e. The first-order valence-electron chi connectivity index (χ1n) is 19.4. The van der Waals surface area contributed by atoms with Crippen molar-refractivity contribution in [2.45, 2.75) is 36.5 Å². The lowest BCUT2D eigenvalue weighted by atomic mass is 9.79. The lowest BCUT2D eigenvalue weighted by Gasteiger charge is -2.39. The molecular formula is C43H48ClN7O4S. The Morgan fingerprint density at radius 3 is 2.62 bits per heavy atom. The average Bonchev–Trinajstić information content (AvgIpc) is 3.70. The minimum atomic E-state index is -1.86. The van der Waals surface area contributed by atoms with Crippen molar-refractivity contribution in [1.29, 1.82) is 0 Å². The number of aromatic nitrogens is 2. The highest BCUT2D eigenvalue weighted by Crippen LogP contribution is 2.36. The van der Waals surface area contributed by atoms with Gasteiger partial charge in [-0.2, -0.15) is 0 Å². The Morgan fingerprint density at radius 2 is 1.82 bits per heavy atom.